The number of nitrogens with zero attached hydrogens (tertiary/aromatic N) is 3. The average Bonchev–Trinajstić information content (AvgIpc) is 3.23. The van der Waals surface area contributed by atoms with Gasteiger partial charge in [-0.15, -0.1) is 10.2 Å². The number of hydrogen-bond acceptors (Lipinski definition) is 7. The maximum Gasteiger partial charge on any atom is 0.250 e. The van der Waals surface area contributed by atoms with E-state index in [-0.39, 0.29) is 5.60 Å². The lowest BCUT2D eigenvalue weighted by Crippen LogP contribution is -2.40. The summed E-state index contributed by atoms with van der Waals surface area (Å²) in [6.45, 7) is 7.37. The summed E-state index contributed by atoms with van der Waals surface area (Å²) in [5.41, 5.74) is 0.247. The third-order valence-corrected chi connectivity index (χ3v) is 4.95. The molecule has 4 rings (SSSR count). The highest BCUT2D eigenvalue weighted by molar-refractivity contribution is 5.34. The summed E-state index contributed by atoms with van der Waals surface area (Å²) >= 11 is 0. The van der Waals surface area contributed by atoms with Gasteiger partial charge in [0.25, 0.3) is 5.89 Å². The molecule has 0 radical (unpaired) electrons. The molecule has 3 heterocycles. The van der Waals surface area contributed by atoms with Crippen molar-refractivity contribution in [2.75, 3.05) is 26.9 Å². The Hall–Kier alpha value is -1.96. The zero-order valence-corrected chi connectivity index (χ0v) is 15.5. The highest BCUT2D eigenvalue weighted by Gasteiger charge is 2.42. The van der Waals surface area contributed by atoms with Crippen LogP contribution in [0.15, 0.2) is 28.7 Å². The van der Waals surface area contributed by atoms with Crippen molar-refractivity contribution in [1.82, 2.24) is 15.1 Å². The van der Waals surface area contributed by atoms with Crippen LogP contribution >= 0.6 is 0 Å². The monoisotopic (exact) mass is 359 g/mol. The second-order valence-electron chi connectivity index (χ2n) is 7.62. The molecule has 7 nitrogen and oxygen atoms in total. The number of fused-ring (bicyclic) bond motifs is 1. The fourth-order valence-corrected chi connectivity index (χ4v) is 3.67. The van der Waals surface area contributed by atoms with E-state index in [4.69, 9.17) is 18.6 Å². The van der Waals surface area contributed by atoms with Crippen LogP contribution in [0.1, 0.15) is 37.6 Å². The molecular weight excluding hydrogens is 334 g/mol. The zero-order chi connectivity index (χ0) is 18.2. The third-order valence-electron chi connectivity index (χ3n) is 4.95. The van der Waals surface area contributed by atoms with Gasteiger partial charge in [-0.3, -0.25) is 4.90 Å². The normalized spacial score (nSPS) is 25.5. The smallest absolute Gasteiger partial charge is 0.250 e. The fourth-order valence-electron chi connectivity index (χ4n) is 3.67. The van der Waals surface area contributed by atoms with Gasteiger partial charge in [-0.25, -0.2) is 0 Å². The summed E-state index contributed by atoms with van der Waals surface area (Å²) in [6.07, 6.45) is 0.725. The van der Waals surface area contributed by atoms with Crippen molar-refractivity contribution in [2.24, 2.45) is 0 Å². The zero-order valence-electron chi connectivity index (χ0n) is 15.5. The van der Waals surface area contributed by atoms with Gasteiger partial charge in [0.15, 0.2) is 5.60 Å². The Bertz CT molecular complexity index is 768. The van der Waals surface area contributed by atoms with Crippen molar-refractivity contribution < 1.29 is 18.6 Å². The molecule has 0 bridgehead atoms. The lowest BCUT2D eigenvalue weighted by Gasteiger charge is -2.28. The molecule has 2 aliphatic rings. The van der Waals surface area contributed by atoms with Gasteiger partial charge in [-0.05, 0) is 19.9 Å². The van der Waals surface area contributed by atoms with Crippen LogP contribution in [0.3, 0.4) is 0 Å². The molecule has 2 aliphatic heterocycles. The molecule has 1 aromatic heterocycles. The first-order valence-corrected chi connectivity index (χ1v) is 8.95. The first-order chi connectivity index (χ1) is 12.5. The highest BCUT2D eigenvalue weighted by atomic mass is 16.6. The molecule has 26 heavy (non-hydrogen) atoms. The van der Waals surface area contributed by atoms with E-state index >= 15 is 0 Å². The van der Waals surface area contributed by atoms with Gasteiger partial charge in [-0.2, -0.15) is 0 Å². The topological polar surface area (TPSA) is 69.9 Å². The van der Waals surface area contributed by atoms with Crippen LogP contribution in [0.25, 0.3) is 0 Å². The lowest BCUT2D eigenvalue weighted by atomic mass is 10.0. The average molecular weight is 359 g/mol. The summed E-state index contributed by atoms with van der Waals surface area (Å²) in [4.78, 5) is 2.27. The maximum absolute atomic E-state index is 6.19. The van der Waals surface area contributed by atoms with Gasteiger partial charge in [0.05, 0.1) is 19.8 Å². The molecule has 140 valence electrons. The van der Waals surface area contributed by atoms with Gasteiger partial charge in [0.1, 0.15) is 11.4 Å². The summed E-state index contributed by atoms with van der Waals surface area (Å²) in [5, 5.41) is 8.48. The molecule has 0 aliphatic carbocycles. The van der Waals surface area contributed by atoms with Crippen molar-refractivity contribution in [3.05, 3.63) is 41.6 Å². The molecule has 7 heteroatoms. The Balaban J connectivity index is 1.54. The van der Waals surface area contributed by atoms with E-state index in [1.54, 1.807) is 7.11 Å². The van der Waals surface area contributed by atoms with E-state index in [1.165, 1.54) is 0 Å². The highest BCUT2D eigenvalue weighted by Crippen LogP contribution is 2.34. The first kappa shape index (κ1) is 17.5. The van der Waals surface area contributed by atoms with Crippen molar-refractivity contribution in [3.63, 3.8) is 0 Å². The van der Waals surface area contributed by atoms with Crippen LogP contribution in [-0.2, 0) is 28.2 Å². The quantitative estimate of drug-likeness (QED) is 0.831. The number of aromatic nitrogens is 2. The number of benzene rings is 1. The van der Waals surface area contributed by atoms with Crippen molar-refractivity contribution in [1.29, 1.82) is 0 Å². The van der Waals surface area contributed by atoms with Gasteiger partial charge in [0.2, 0.25) is 5.89 Å². The van der Waals surface area contributed by atoms with E-state index < -0.39 is 5.60 Å². The van der Waals surface area contributed by atoms with Crippen LogP contribution in [0.5, 0.6) is 5.75 Å². The standard InChI is InChI=1S/C19H25N3O4/c1-18(2)12-22(10-14-6-4-5-7-15(14)26-18)11-16-20-21-17(25-16)19(23-3)8-9-24-13-19/h4-7H,8-13H2,1-3H3. The summed E-state index contributed by atoms with van der Waals surface area (Å²) in [5.74, 6) is 2.02. The molecule has 1 saturated heterocycles. The molecule has 2 aromatic rings. The minimum absolute atomic E-state index is 0.303. The summed E-state index contributed by atoms with van der Waals surface area (Å²) in [6, 6.07) is 8.15. The van der Waals surface area contributed by atoms with Crippen LogP contribution < -0.4 is 4.74 Å². The number of rotatable bonds is 4. The Labute approximate surface area is 153 Å². The van der Waals surface area contributed by atoms with Crippen LogP contribution in [-0.4, -0.2) is 47.6 Å². The number of ether oxygens (including phenoxy) is 3. The molecule has 0 spiro atoms. The van der Waals surface area contributed by atoms with Crippen LogP contribution in [0.2, 0.25) is 0 Å². The molecule has 1 unspecified atom stereocenters. The fraction of sp³-hybridized carbons (Fsp3) is 0.579. The van der Waals surface area contributed by atoms with E-state index in [2.05, 4.69) is 35.0 Å². The van der Waals surface area contributed by atoms with Crippen molar-refractivity contribution >= 4 is 0 Å². The van der Waals surface area contributed by atoms with Gasteiger partial charge >= 0.3 is 0 Å². The molecule has 0 amide bonds. The lowest BCUT2D eigenvalue weighted by molar-refractivity contribution is -0.0421. The predicted octanol–water partition coefficient (Wildman–Crippen LogP) is 2.50. The van der Waals surface area contributed by atoms with E-state index in [0.717, 1.165) is 30.8 Å². The van der Waals surface area contributed by atoms with Gasteiger partial charge < -0.3 is 18.6 Å². The van der Waals surface area contributed by atoms with E-state index in [1.807, 2.05) is 18.2 Å². The number of hydrogen-bond donors (Lipinski definition) is 0. The molecule has 1 aromatic carbocycles. The minimum atomic E-state index is -0.612. The number of methoxy groups -OCH3 is 1. The Morgan fingerprint density at radius 1 is 1.23 bits per heavy atom. The maximum atomic E-state index is 6.19. The van der Waals surface area contributed by atoms with Crippen LogP contribution in [0.4, 0.5) is 0 Å². The van der Waals surface area contributed by atoms with E-state index in [9.17, 15) is 0 Å². The predicted molar refractivity (Wildman–Crippen MR) is 93.7 cm³/mol. The van der Waals surface area contributed by atoms with Crippen molar-refractivity contribution in [2.45, 2.75) is 44.6 Å². The third kappa shape index (κ3) is 3.34. The van der Waals surface area contributed by atoms with Crippen LogP contribution in [0, 0.1) is 0 Å². The molecule has 1 fully saturated rings. The molecular formula is C19H25N3O4. The Morgan fingerprint density at radius 3 is 2.85 bits per heavy atom. The summed E-state index contributed by atoms with van der Waals surface area (Å²) < 4.78 is 23.2. The van der Waals surface area contributed by atoms with Gasteiger partial charge in [0, 0.05) is 32.2 Å². The molecule has 0 N–H and O–H groups in total. The SMILES string of the molecule is COC1(c2nnc(CN3Cc4ccccc4OC(C)(C)C3)o2)CCOC1. The second-order valence-corrected chi connectivity index (χ2v) is 7.62. The largest absolute Gasteiger partial charge is 0.486 e. The number of para-hydroxylation sites is 1. The molecule has 1 atom stereocenters. The second kappa shape index (κ2) is 6.64. The summed E-state index contributed by atoms with van der Waals surface area (Å²) in [7, 11) is 1.66. The Kier molecular flexibility index (Phi) is 4.46. The Morgan fingerprint density at radius 2 is 2.08 bits per heavy atom. The van der Waals surface area contributed by atoms with E-state index in [0.29, 0.717) is 31.5 Å². The van der Waals surface area contributed by atoms with Gasteiger partial charge in [-0.1, -0.05) is 18.2 Å². The van der Waals surface area contributed by atoms with Crippen molar-refractivity contribution in [3.8, 4) is 5.75 Å². The first-order valence-electron chi connectivity index (χ1n) is 8.95. The molecule has 0 saturated carbocycles. The minimum Gasteiger partial charge on any atom is -0.486 e.